The highest BCUT2D eigenvalue weighted by atomic mass is 19.4. The zero-order valence-electron chi connectivity index (χ0n) is 11.6. The van der Waals surface area contributed by atoms with Crippen LogP contribution in [0.15, 0.2) is 42.9 Å². The van der Waals surface area contributed by atoms with Crippen molar-refractivity contribution in [1.82, 2.24) is 14.6 Å². The van der Waals surface area contributed by atoms with E-state index in [4.69, 9.17) is 0 Å². The highest BCUT2D eigenvalue weighted by Crippen LogP contribution is 2.24. The summed E-state index contributed by atoms with van der Waals surface area (Å²) in [6, 6.07) is 6.92. The summed E-state index contributed by atoms with van der Waals surface area (Å²) in [6.07, 6.45) is 0.714. The molecule has 0 saturated carbocycles. The fourth-order valence-electron chi connectivity index (χ4n) is 2.07. The number of nitrogens with zero attached hydrogens (tertiary/aromatic N) is 3. The van der Waals surface area contributed by atoms with Gasteiger partial charge in [0.25, 0.3) is 0 Å². The molecule has 3 aromatic heterocycles. The number of ether oxygens (including phenoxy) is 1. The molecule has 0 aliphatic rings. The number of aryl methyl sites for hydroxylation is 1. The maximum atomic E-state index is 12.1. The summed E-state index contributed by atoms with van der Waals surface area (Å²) in [7, 11) is 0. The van der Waals surface area contributed by atoms with Gasteiger partial charge in [0.2, 0.25) is 5.88 Å². The zero-order valence-corrected chi connectivity index (χ0v) is 11.6. The molecule has 3 rings (SSSR count). The first-order valence-electron chi connectivity index (χ1n) is 6.52. The first-order valence-corrected chi connectivity index (χ1v) is 6.52. The van der Waals surface area contributed by atoms with Gasteiger partial charge in [0.15, 0.2) is 6.61 Å². The van der Waals surface area contributed by atoms with Crippen LogP contribution in [0.3, 0.4) is 0 Å². The van der Waals surface area contributed by atoms with E-state index in [-0.39, 0.29) is 5.88 Å². The molecule has 0 atom stereocenters. The van der Waals surface area contributed by atoms with Crippen LogP contribution in [0.25, 0.3) is 16.6 Å². The van der Waals surface area contributed by atoms with Gasteiger partial charge in [0.1, 0.15) is 0 Å². The normalized spacial score (nSPS) is 11.8. The molecule has 0 fully saturated rings. The number of alkyl halides is 3. The van der Waals surface area contributed by atoms with E-state index in [0.29, 0.717) is 0 Å². The summed E-state index contributed by atoms with van der Waals surface area (Å²) in [4.78, 5) is 3.90. The lowest BCUT2D eigenvalue weighted by molar-refractivity contribution is -0.154. The van der Waals surface area contributed by atoms with Crippen molar-refractivity contribution in [1.29, 1.82) is 0 Å². The molecule has 114 valence electrons. The Hall–Kier alpha value is -2.57. The van der Waals surface area contributed by atoms with Gasteiger partial charge >= 0.3 is 6.18 Å². The molecule has 0 spiro atoms. The number of hydrogen-bond donors (Lipinski definition) is 0. The van der Waals surface area contributed by atoms with E-state index in [1.165, 1.54) is 12.3 Å². The molecule has 3 aromatic rings. The second-order valence-electron chi connectivity index (χ2n) is 4.86. The second kappa shape index (κ2) is 5.32. The predicted octanol–water partition coefficient (Wildman–Crippen LogP) is 3.65. The fraction of sp³-hybridized carbons (Fsp3) is 0.200. The quantitative estimate of drug-likeness (QED) is 0.741. The number of aromatic nitrogens is 3. The van der Waals surface area contributed by atoms with Gasteiger partial charge in [-0.25, -0.2) is 9.50 Å². The van der Waals surface area contributed by atoms with Gasteiger partial charge in [-0.15, -0.1) is 0 Å². The predicted molar refractivity (Wildman–Crippen MR) is 74.7 cm³/mol. The molecule has 0 bridgehead atoms. The summed E-state index contributed by atoms with van der Waals surface area (Å²) in [5.74, 6) is -0.0531. The average Bonchev–Trinajstić information content (AvgIpc) is 2.86. The van der Waals surface area contributed by atoms with Gasteiger partial charge in [0, 0.05) is 24.0 Å². The number of fused-ring (bicyclic) bond motifs is 1. The second-order valence-corrected chi connectivity index (χ2v) is 4.86. The minimum atomic E-state index is -4.37. The lowest BCUT2D eigenvalue weighted by atomic mass is 10.1. The first kappa shape index (κ1) is 14.4. The SMILES string of the molecule is Cc1cnn2ccc(-c3ccc(OCC(F)(F)F)nc3)cc12. The van der Waals surface area contributed by atoms with Crippen LogP contribution in [0.2, 0.25) is 0 Å². The van der Waals surface area contributed by atoms with Crippen LogP contribution in [0.4, 0.5) is 13.2 Å². The van der Waals surface area contributed by atoms with E-state index < -0.39 is 12.8 Å². The number of hydrogen-bond acceptors (Lipinski definition) is 3. The van der Waals surface area contributed by atoms with Gasteiger partial charge in [-0.1, -0.05) is 0 Å². The van der Waals surface area contributed by atoms with Crippen molar-refractivity contribution in [2.45, 2.75) is 13.1 Å². The molecule has 0 radical (unpaired) electrons. The largest absolute Gasteiger partial charge is 0.468 e. The third kappa shape index (κ3) is 3.03. The average molecular weight is 307 g/mol. The molecule has 22 heavy (non-hydrogen) atoms. The Morgan fingerprint density at radius 2 is 1.95 bits per heavy atom. The van der Waals surface area contributed by atoms with Gasteiger partial charge in [0.05, 0.1) is 11.7 Å². The molecule has 7 heteroatoms. The lowest BCUT2D eigenvalue weighted by Gasteiger charge is -2.09. The molecule has 0 amide bonds. The van der Waals surface area contributed by atoms with E-state index in [2.05, 4.69) is 14.8 Å². The lowest BCUT2D eigenvalue weighted by Crippen LogP contribution is -2.19. The molecular weight excluding hydrogens is 295 g/mol. The maximum absolute atomic E-state index is 12.1. The molecular formula is C15H12F3N3O. The van der Waals surface area contributed by atoms with E-state index in [9.17, 15) is 13.2 Å². The number of halogens is 3. The highest BCUT2D eigenvalue weighted by molar-refractivity contribution is 5.69. The van der Waals surface area contributed by atoms with Gasteiger partial charge in [-0.3, -0.25) is 0 Å². The summed E-state index contributed by atoms with van der Waals surface area (Å²) in [5.41, 5.74) is 3.71. The minimum Gasteiger partial charge on any atom is -0.468 e. The van der Waals surface area contributed by atoms with Crippen LogP contribution in [-0.2, 0) is 0 Å². The number of pyridine rings is 2. The molecule has 0 aliphatic heterocycles. The van der Waals surface area contributed by atoms with E-state index >= 15 is 0 Å². The van der Waals surface area contributed by atoms with Crippen LogP contribution in [0, 0.1) is 6.92 Å². The Bertz CT molecular complexity index is 794. The first-order chi connectivity index (χ1) is 10.4. The molecule has 0 aromatic carbocycles. The molecule has 0 unspecified atom stereocenters. The van der Waals surface area contributed by atoms with Crippen LogP contribution >= 0.6 is 0 Å². The summed E-state index contributed by atoms with van der Waals surface area (Å²) in [6.45, 7) is 0.610. The van der Waals surface area contributed by atoms with Crippen LogP contribution in [0.5, 0.6) is 5.88 Å². The van der Waals surface area contributed by atoms with Crippen LogP contribution in [-0.4, -0.2) is 27.4 Å². The van der Waals surface area contributed by atoms with E-state index in [0.717, 1.165) is 22.2 Å². The van der Waals surface area contributed by atoms with E-state index in [1.54, 1.807) is 16.8 Å². The smallest absolute Gasteiger partial charge is 0.422 e. The van der Waals surface area contributed by atoms with Crippen molar-refractivity contribution in [2.75, 3.05) is 6.61 Å². The van der Waals surface area contributed by atoms with Crippen molar-refractivity contribution in [2.24, 2.45) is 0 Å². The monoisotopic (exact) mass is 307 g/mol. The number of rotatable bonds is 3. The van der Waals surface area contributed by atoms with Gasteiger partial charge < -0.3 is 4.74 Å². The topological polar surface area (TPSA) is 39.4 Å². The highest BCUT2D eigenvalue weighted by Gasteiger charge is 2.28. The maximum Gasteiger partial charge on any atom is 0.422 e. The van der Waals surface area contributed by atoms with Gasteiger partial charge in [-0.2, -0.15) is 18.3 Å². The van der Waals surface area contributed by atoms with Crippen LogP contribution < -0.4 is 4.74 Å². The van der Waals surface area contributed by atoms with E-state index in [1.807, 2.05) is 25.3 Å². The Kier molecular flexibility index (Phi) is 3.48. The van der Waals surface area contributed by atoms with Crippen molar-refractivity contribution in [3.8, 4) is 17.0 Å². The minimum absolute atomic E-state index is 0.0531. The molecule has 0 N–H and O–H groups in total. The third-order valence-electron chi connectivity index (χ3n) is 3.17. The van der Waals surface area contributed by atoms with Crippen molar-refractivity contribution >= 4 is 5.52 Å². The summed E-state index contributed by atoms with van der Waals surface area (Å²) >= 11 is 0. The molecule has 0 saturated heterocycles. The third-order valence-corrected chi connectivity index (χ3v) is 3.17. The van der Waals surface area contributed by atoms with Gasteiger partial charge in [-0.05, 0) is 36.2 Å². The Morgan fingerprint density at radius 3 is 2.64 bits per heavy atom. The Labute approximate surface area is 124 Å². The van der Waals surface area contributed by atoms with Crippen molar-refractivity contribution in [3.63, 3.8) is 0 Å². The molecule has 0 aliphatic carbocycles. The Balaban J connectivity index is 1.83. The van der Waals surface area contributed by atoms with Crippen molar-refractivity contribution in [3.05, 3.63) is 48.4 Å². The zero-order chi connectivity index (χ0) is 15.7. The standard InChI is InChI=1S/C15H12F3N3O/c1-10-7-20-21-5-4-11(6-13(10)21)12-2-3-14(19-8-12)22-9-15(16,17)18/h2-8H,9H2,1H3. The summed E-state index contributed by atoms with van der Waals surface area (Å²) in [5, 5.41) is 4.19. The fourth-order valence-corrected chi connectivity index (χ4v) is 2.07. The molecule has 3 heterocycles. The summed E-state index contributed by atoms with van der Waals surface area (Å²) < 4.78 is 42.6. The Morgan fingerprint density at radius 1 is 1.14 bits per heavy atom. The van der Waals surface area contributed by atoms with Crippen molar-refractivity contribution < 1.29 is 17.9 Å². The van der Waals surface area contributed by atoms with Crippen LogP contribution in [0.1, 0.15) is 5.56 Å². The molecule has 4 nitrogen and oxygen atoms in total.